The van der Waals surface area contributed by atoms with Gasteiger partial charge in [0, 0.05) is 29.8 Å². The van der Waals surface area contributed by atoms with Crippen LogP contribution in [0.1, 0.15) is 18.4 Å². The van der Waals surface area contributed by atoms with E-state index in [0.29, 0.717) is 25.4 Å². The Morgan fingerprint density at radius 2 is 1.75 bits per heavy atom. The van der Waals surface area contributed by atoms with Gasteiger partial charge in [0.15, 0.2) is 0 Å². The van der Waals surface area contributed by atoms with E-state index < -0.39 is 0 Å². The molecule has 1 spiro atoms. The lowest BCUT2D eigenvalue weighted by molar-refractivity contribution is -0.131. The lowest BCUT2D eigenvalue weighted by atomic mass is 10.0. The lowest BCUT2D eigenvalue weighted by Gasteiger charge is -2.44. The number of hydrogen-bond acceptors (Lipinski definition) is 3. The zero-order valence-electron chi connectivity index (χ0n) is 15.4. The third kappa shape index (κ3) is 4.05. The van der Waals surface area contributed by atoms with Crippen molar-refractivity contribution in [3.63, 3.8) is 0 Å². The van der Waals surface area contributed by atoms with Crippen LogP contribution in [0.15, 0.2) is 59.1 Å². The molecule has 28 heavy (non-hydrogen) atoms. The largest absolute Gasteiger partial charge is 0.324 e. The Kier molecular flexibility index (Phi) is 5.64. The molecule has 0 saturated carbocycles. The number of piperidine rings is 1. The van der Waals surface area contributed by atoms with Crippen molar-refractivity contribution in [2.75, 3.05) is 24.2 Å². The molecule has 0 aliphatic carbocycles. The Morgan fingerprint density at radius 3 is 2.43 bits per heavy atom. The predicted molar refractivity (Wildman–Crippen MR) is 116 cm³/mol. The van der Waals surface area contributed by atoms with Crippen molar-refractivity contribution < 1.29 is 9.59 Å². The number of nitrogens with one attached hydrogen (secondary N) is 1. The molecule has 1 N–H and O–H groups in total. The molecule has 2 aromatic carbocycles. The highest BCUT2D eigenvalue weighted by atomic mass is 79.9. The lowest BCUT2D eigenvalue weighted by Crippen LogP contribution is -2.53. The van der Waals surface area contributed by atoms with Crippen molar-refractivity contribution in [3.8, 4) is 0 Å². The summed E-state index contributed by atoms with van der Waals surface area (Å²) in [6, 6.07) is 17.6. The summed E-state index contributed by atoms with van der Waals surface area (Å²) in [4.78, 5) is 28.8. The molecule has 2 saturated heterocycles. The minimum Gasteiger partial charge on any atom is -0.324 e. The molecule has 0 atom stereocenters. The molecule has 2 fully saturated rings. The number of carbonyl (C=O) groups is 2. The van der Waals surface area contributed by atoms with E-state index in [1.165, 1.54) is 0 Å². The van der Waals surface area contributed by atoms with Crippen molar-refractivity contribution in [3.05, 3.63) is 64.6 Å². The van der Waals surface area contributed by atoms with Crippen LogP contribution in [0.3, 0.4) is 0 Å². The van der Waals surface area contributed by atoms with Crippen LogP contribution in [0.4, 0.5) is 10.5 Å². The zero-order chi connectivity index (χ0) is 19.6. The number of likely N-dealkylation sites (tertiary alicyclic amines) is 1. The first-order valence-electron chi connectivity index (χ1n) is 9.36. The van der Waals surface area contributed by atoms with Gasteiger partial charge in [-0.2, -0.15) is 0 Å². The second-order valence-corrected chi connectivity index (χ2v) is 9.38. The molecule has 3 amide bonds. The Hall–Kier alpha value is -1.99. The number of carbonyl (C=O) groups excluding carboxylic acids is 2. The van der Waals surface area contributed by atoms with Gasteiger partial charge in [-0.1, -0.05) is 46.3 Å². The highest BCUT2D eigenvalue weighted by Crippen LogP contribution is 2.45. The van der Waals surface area contributed by atoms with Gasteiger partial charge in [-0.3, -0.25) is 4.79 Å². The topological polar surface area (TPSA) is 52.7 Å². The fourth-order valence-corrected chi connectivity index (χ4v) is 5.39. The molecule has 2 aromatic rings. The maximum atomic E-state index is 12.6. The number of hydrogen-bond donors (Lipinski definition) is 1. The smallest absolute Gasteiger partial charge is 0.321 e. The average Bonchev–Trinajstić information content (AvgIpc) is 3.01. The summed E-state index contributed by atoms with van der Waals surface area (Å²) in [5, 5.41) is 2.96. The number of nitrogens with zero attached hydrogens (tertiary/aromatic N) is 2. The molecule has 0 radical (unpaired) electrons. The van der Waals surface area contributed by atoms with E-state index in [-0.39, 0.29) is 16.8 Å². The maximum absolute atomic E-state index is 12.6. The molecular formula is C21H22BrN3O2S. The highest BCUT2D eigenvalue weighted by molar-refractivity contribution is 9.10. The average molecular weight is 460 g/mol. The molecule has 2 aliphatic heterocycles. The summed E-state index contributed by atoms with van der Waals surface area (Å²) >= 11 is 5.13. The van der Waals surface area contributed by atoms with Crippen molar-refractivity contribution in [2.24, 2.45) is 0 Å². The van der Waals surface area contributed by atoms with Crippen LogP contribution in [-0.4, -0.2) is 45.5 Å². The van der Waals surface area contributed by atoms with Crippen molar-refractivity contribution >= 4 is 45.3 Å². The number of halogens is 1. The van der Waals surface area contributed by atoms with Gasteiger partial charge in [0.1, 0.15) is 0 Å². The number of benzene rings is 2. The molecule has 0 bridgehead atoms. The number of urea groups is 1. The summed E-state index contributed by atoms with van der Waals surface area (Å²) in [6.07, 6.45) is 1.59. The molecule has 5 nitrogen and oxygen atoms in total. The van der Waals surface area contributed by atoms with Gasteiger partial charge in [0.05, 0.1) is 10.6 Å². The van der Waals surface area contributed by atoms with Gasteiger partial charge in [0.2, 0.25) is 5.91 Å². The molecular weight excluding hydrogens is 438 g/mol. The summed E-state index contributed by atoms with van der Waals surface area (Å²) in [6.45, 7) is 1.93. The number of anilines is 1. The van der Waals surface area contributed by atoms with Gasteiger partial charge < -0.3 is 15.1 Å². The molecule has 2 aliphatic rings. The number of thioether (sulfide) groups is 1. The minimum atomic E-state index is -0.193. The van der Waals surface area contributed by atoms with Crippen LogP contribution in [-0.2, 0) is 11.3 Å². The molecule has 4 rings (SSSR count). The molecule has 2 heterocycles. The molecule has 0 unspecified atom stereocenters. The van der Waals surface area contributed by atoms with E-state index in [1.807, 2.05) is 52.3 Å². The second-order valence-electron chi connectivity index (χ2n) is 7.12. The standard InChI is InChI=1S/C21H22BrN3O2S/c22-17-6-8-18(9-7-17)23-20(27)24-12-10-21(11-13-24)25(19(26)15-28-21)14-16-4-2-1-3-5-16/h1-9H,10-15H2,(H,23,27). The zero-order valence-corrected chi connectivity index (χ0v) is 17.8. The highest BCUT2D eigenvalue weighted by Gasteiger charge is 2.48. The van der Waals surface area contributed by atoms with Gasteiger partial charge in [0.25, 0.3) is 0 Å². The first-order valence-corrected chi connectivity index (χ1v) is 11.1. The molecule has 7 heteroatoms. The quantitative estimate of drug-likeness (QED) is 0.732. The van der Waals surface area contributed by atoms with E-state index in [2.05, 4.69) is 33.4 Å². The number of rotatable bonds is 3. The van der Waals surface area contributed by atoms with E-state index in [0.717, 1.165) is 28.6 Å². The maximum Gasteiger partial charge on any atom is 0.321 e. The first-order chi connectivity index (χ1) is 13.6. The van der Waals surface area contributed by atoms with Crippen LogP contribution >= 0.6 is 27.7 Å². The van der Waals surface area contributed by atoms with E-state index in [1.54, 1.807) is 11.8 Å². The van der Waals surface area contributed by atoms with E-state index in [4.69, 9.17) is 0 Å². The minimum absolute atomic E-state index is 0.0823. The fourth-order valence-electron chi connectivity index (χ4n) is 3.79. The monoisotopic (exact) mass is 459 g/mol. The van der Waals surface area contributed by atoms with Crippen molar-refractivity contribution in [1.82, 2.24) is 9.80 Å². The SMILES string of the molecule is O=C(Nc1ccc(Br)cc1)N1CCC2(CC1)SCC(=O)N2Cc1ccccc1. The van der Waals surface area contributed by atoms with Crippen LogP contribution in [0.5, 0.6) is 0 Å². The van der Waals surface area contributed by atoms with E-state index >= 15 is 0 Å². The summed E-state index contributed by atoms with van der Waals surface area (Å²) in [7, 11) is 0. The number of amides is 3. The summed E-state index contributed by atoms with van der Waals surface area (Å²) < 4.78 is 0.979. The van der Waals surface area contributed by atoms with Crippen LogP contribution < -0.4 is 5.32 Å². The van der Waals surface area contributed by atoms with E-state index in [9.17, 15) is 9.59 Å². The third-order valence-corrected chi connectivity index (χ3v) is 7.45. The van der Waals surface area contributed by atoms with Crippen LogP contribution in [0.25, 0.3) is 0 Å². The Balaban J connectivity index is 1.39. The summed E-state index contributed by atoms with van der Waals surface area (Å²) in [5.74, 6) is 0.722. The second kappa shape index (κ2) is 8.17. The van der Waals surface area contributed by atoms with Gasteiger partial charge in [-0.15, -0.1) is 11.8 Å². The predicted octanol–water partition coefficient (Wildman–Crippen LogP) is 4.55. The normalized spacial score (nSPS) is 18.5. The first kappa shape index (κ1) is 19.3. The Morgan fingerprint density at radius 1 is 1.07 bits per heavy atom. The van der Waals surface area contributed by atoms with Gasteiger partial charge in [-0.05, 0) is 42.7 Å². The fraction of sp³-hybridized carbons (Fsp3) is 0.333. The van der Waals surface area contributed by atoms with Crippen molar-refractivity contribution in [2.45, 2.75) is 24.3 Å². The molecule has 0 aromatic heterocycles. The van der Waals surface area contributed by atoms with Crippen LogP contribution in [0.2, 0.25) is 0 Å². The molecule has 146 valence electrons. The van der Waals surface area contributed by atoms with Crippen molar-refractivity contribution in [1.29, 1.82) is 0 Å². The third-order valence-electron chi connectivity index (χ3n) is 5.37. The Bertz CT molecular complexity index is 852. The van der Waals surface area contributed by atoms with Crippen LogP contribution in [0, 0.1) is 0 Å². The van der Waals surface area contributed by atoms with Gasteiger partial charge >= 0.3 is 6.03 Å². The van der Waals surface area contributed by atoms with Gasteiger partial charge in [-0.25, -0.2) is 4.79 Å². The Labute approximate surface area is 177 Å². The summed E-state index contributed by atoms with van der Waals surface area (Å²) in [5.41, 5.74) is 1.93.